The van der Waals surface area contributed by atoms with Crippen LogP contribution in [0.25, 0.3) is 0 Å². The molecular weight excluding hydrogens is 216 g/mol. The Bertz CT molecular complexity index is 436. The highest BCUT2D eigenvalue weighted by molar-refractivity contribution is 6.33. The molecule has 83 valence electrons. The monoisotopic (exact) mass is 231 g/mol. The molecule has 2 nitrogen and oxygen atoms in total. The van der Waals surface area contributed by atoms with Gasteiger partial charge in [-0.25, -0.2) is 4.79 Å². The Hall–Kier alpha value is -1.35. The van der Waals surface area contributed by atoms with Crippen LogP contribution in [-0.2, 0) is 16.1 Å². The van der Waals surface area contributed by atoms with Crippen LogP contribution in [0.2, 0.25) is 0 Å². The second-order valence-corrected chi connectivity index (χ2v) is 4.42. The van der Waals surface area contributed by atoms with Gasteiger partial charge >= 0.3 is 5.97 Å². The van der Waals surface area contributed by atoms with Crippen molar-refractivity contribution in [3.05, 3.63) is 41.0 Å². The van der Waals surface area contributed by atoms with Crippen molar-refractivity contribution >= 4 is 21.4 Å². The number of rotatable bonds is 3. The van der Waals surface area contributed by atoms with Gasteiger partial charge in [-0.3, -0.25) is 0 Å². The molecule has 0 atom stereocenters. The van der Waals surface area contributed by atoms with Crippen LogP contribution in [-0.4, -0.2) is 16.2 Å². The molecule has 0 bridgehead atoms. The Morgan fingerprint density at radius 1 is 1.38 bits per heavy atom. The molecule has 3 radical (unpaired) electrons. The van der Waals surface area contributed by atoms with Gasteiger partial charge < -0.3 is 4.74 Å². The number of carbonyl (C=O) groups is 1. The van der Waals surface area contributed by atoms with Crippen LogP contribution in [0.15, 0.2) is 24.3 Å². The van der Waals surface area contributed by atoms with Crippen LogP contribution in [0.4, 0.5) is 0 Å². The smallest absolute Gasteiger partial charge is 0.333 e. The third-order valence-electron chi connectivity index (χ3n) is 2.61. The van der Waals surface area contributed by atoms with Crippen LogP contribution >= 0.6 is 0 Å². The van der Waals surface area contributed by atoms with E-state index >= 15 is 0 Å². The van der Waals surface area contributed by atoms with Gasteiger partial charge in [-0.15, -0.1) is 0 Å². The molecule has 0 saturated carbocycles. The quantitative estimate of drug-likeness (QED) is 0.450. The van der Waals surface area contributed by atoms with Gasteiger partial charge in [0.25, 0.3) is 0 Å². The zero-order chi connectivity index (χ0) is 12.3. The lowest BCUT2D eigenvalue weighted by atomic mass is 10.0. The first kappa shape index (κ1) is 12.7. The lowest BCUT2D eigenvalue weighted by molar-refractivity contribution is -0.140. The molecule has 1 aromatic rings. The van der Waals surface area contributed by atoms with Gasteiger partial charge in [-0.1, -0.05) is 23.9 Å². The van der Waals surface area contributed by atoms with Crippen molar-refractivity contribution in [3.8, 4) is 0 Å². The van der Waals surface area contributed by atoms with Crippen molar-refractivity contribution in [1.29, 1.82) is 0 Å². The topological polar surface area (TPSA) is 26.3 Å². The first-order chi connectivity index (χ1) is 7.43. The predicted molar refractivity (Wildman–Crippen MR) is 65.9 cm³/mol. The van der Waals surface area contributed by atoms with E-state index in [4.69, 9.17) is 4.74 Å². The molecule has 0 spiro atoms. The third-order valence-corrected chi connectivity index (χ3v) is 3.15. The fourth-order valence-corrected chi connectivity index (χ4v) is 1.57. The molecule has 0 amide bonds. The molecule has 0 aliphatic heterocycles. The molecule has 16 heavy (non-hydrogen) atoms. The molecule has 0 fully saturated rings. The molecule has 1 rings (SSSR count). The molecule has 0 aliphatic carbocycles. The summed E-state index contributed by atoms with van der Waals surface area (Å²) in [5, 5.41) is 1.06. The maximum absolute atomic E-state index is 11.2. The van der Waals surface area contributed by atoms with Gasteiger partial charge in [0, 0.05) is 5.57 Å². The van der Waals surface area contributed by atoms with Gasteiger partial charge in [-0.05, 0) is 37.5 Å². The molecule has 0 aromatic heterocycles. The average Bonchev–Trinajstić information content (AvgIpc) is 2.24. The van der Waals surface area contributed by atoms with E-state index in [1.165, 1.54) is 5.56 Å². The minimum Gasteiger partial charge on any atom is -0.457 e. The molecule has 0 N–H and O–H groups in total. The second-order valence-electron chi connectivity index (χ2n) is 3.88. The zero-order valence-corrected chi connectivity index (χ0v) is 10.9. The van der Waals surface area contributed by atoms with Gasteiger partial charge in [0.1, 0.15) is 6.61 Å². The van der Waals surface area contributed by atoms with E-state index in [-0.39, 0.29) is 5.97 Å². The minimum absolute atomic E-state index is 0.296. The largest absolute Gasteiger partial charge is 0.457 e. The van der Waals surface area contributed by atoms with E-state index < -0.39 is 0 Å². The molecule has 0 heterocycles. The van der Waals surface area contributed by atoms with Crippen molar-refractivity contribution in [3.63, 3.8) is 0 Å². The van der Waals surface area contributed by atoms with E-state index in [0.29, 0.717) is 12.2 Å². The van der Waals surface area contributed by atoms with Crippen molar-refractivity contribution in [2.45, 2.75) is 27.4 Å². The standard InChI is InChI=1S/C13H15O2Si/c1-8(2)13(14)15-7-11-5-6-12(16)10(4)9(11)3/h5-6H,1,7H2,2-4H3. The maximum atomic E-state index is 11.2. The molecule has 0 aliphatic rings. The summed E-state index contributed by atoms with van der Waals surface area (Å²) in [7, 11) is 3.51. The summed E-state index contributed by atoms with van der Waals surface area (Å²) in [6.07, 6.45) is 0. The summed E-state index contributed by atoms with van der Waals surface area (Å²) in [6.45, 7) is 9.52. The molecular formula is C13H15O2Si. The van der Waals surface area contributed by atoms with Crippen LogP contribution in [0.3, 0.4) is 0 Å². The number of carbonyl (C=O) groups excluding carboxylic acids is 1. The van der Waals surface area contributed by atoms with E-state index in [0.717, 1.165) is 16.3 Å². The first-order valence-electron chi connectivity index (χ1n) is 5.06. The van der Waals surface area contributed by atoms with E-state index in [2.05, 4.69) is 16.8 Å². The van der Waals surface area contributed by atoms with Crippen molar-refractivity contribution < 1.29 is 9.53 Å². The SMILES string of the molecule is C=C(C)C(=O)OCc1ccc([Si])c(C)c1C. The van der Waals surface area contributed by atoms with E-state index in [9.17, 15) is 4.79 Å². The summed E-state index contributed by atoms with van der Waals surface area (Å²) in [5.41, 5.74) is 3.75. The van der Waals surface area contributed by atoms with Gasteiger partial charge in [0.15, 0.2) is 0 Å². The maximum Gasteiger partial charge on any atom is 0.333 e. The fraction of sp³-hybridized carbons (Fsp3) is 0.308. The Morgan fingerprint density at radius 3 is 2.56 bits per heavy atom. The lowest BCUT2D eigenvalue weighted by Crippen LogP contribution is -2.12. The summed E-state index contributed by atoms with van der Waals surface area (Å²) >= 11 is 0. The Balaban J connectivity index is 2.79. The summed E-state index contributed by atoms with van der Waals surface area (Å²) < 4.78 is 5.11. The van der Waals surface area contributed by atoms with Crippen molar-refractivity contribution in [2.75, 3.05) is 0 Å². The Kier molecular flexibility index (Phi) is 4.07. The highest BCUT2D eigenvalue weighted by Gasteiger charge is 2.07. The summed E-state index contributed by atoms with van der Waals surface area (Å²) in [4.78, 5) is 11.2. The molecule has 0 saturated heterocycles. The Morgan fingerprint density at radius 2 is 2.00 bits per heavy atom. The zero-order valence-electron chi connectivity index (χ0n) is 9.89. The number of esters is 1. The predicted octanol–water partition coefficient (Wildman–Crippen LogP) is 1.72. The van der Waals surface area contributed by atoms with Crippen molar-refractivity contribution in [2.24, 2.45) is 0 Å². The average molecular weight is 231 g/mol. The summed E-state index contributed by atoms with van der Waals surface area (Å²) in [6, 6.07) is 3.92. The highest BCUT2D eigenvalue weighted by atomic mass is 28.1. The summed E-state index contributed by atoms with van der Waals surface area (Å²) in [5.74, 6) is -0.348. The van der Waals surface area contributed by atoms with Gasteiger partial charge in [-0.2, -0.15) is 0 Å². The minimum atomic E-state index is -0.348. The third kappa shape index (κ3) is 2.82. The first-order valence-corrected chi connectivity index (χ1v) is 5.56. The molecule has 0 unspecified atom stereocenters. The van der Waals surface area contributed by atoms with Crippen LogP contribution in [0, 0.1) is 13.8 Å². The van der Waals surface area contributed by atoms with Crippen LogP contribution in [0.1, 0.15) is 23.6 Å². The fourth-order valence-electron chi connectivity index (χ4n) is 1.30. The van der Waals surface area contributed by atoms with Gasteiger partial charge in [0.2, 0.25) is 0 Å². The Labute approximate surface area is 99.7 Å². The number of hydrogen-bond acceptors (Lipinski definition) is 2. The van der Waals surface area contributed by atoms with Crippen LogP contribution < -0.4 is 5.19 Å². The normalized spacial score (nSPS) is 10.0. The van der Waals surface area contributed by atoms with Gasteiger partial charge in [0.05, 0.1) is 10.2 Å². The van der Waals surface area contributed by atoms with Crippen molar-refractivity contribution in [1.82, 2.24) is 0 Å². The number of benzene rings is 1. The number of ether oxygens (including phenoxy) is 1. The molecule has 3 heteroatoms. The number of hydrogen-bond donors (Lipinski definition) is 0. The lowest BCUT2D eigenvalue weighted by Gasteiger charge is -2.11. The van der Waals surface area contributed by atoms with E-state index in [1.807, 2.05) is 26.0 Å². The molecule has 1 aromatic carbocycles. The second kappa shape index (κ2) is 5.12. The van der Waals surface area contributed by atoms with Crippen LogP contribution in [0.5, 0.6) is 0 Å². The van der Waals surface area contributed by atoms with E-state index in [1.54, 1.807) is 6.92 Å². The highest BCUT2D eigenvalue weighted by Crippen LogP contribution is 2.12.